The number of aromatic nitrogens is 1. The lowest BCUT2D eigenvalue weighted by Crippen LogP contribution is -2.39. The average molecular weight is 473 g/mol. The summed E-state index contributed by atoms with van der Waals surface area (Å²) in [5.41, 5.74) is 3.78. The van der Waals surface area contributed by atoms with E-state index in [0.717, 1.165) is 11.1 Å². The number of ether oxygens (including phenoxy) is 1. The molecule has 0 N–H and O–H groups in total. The minimum absolute atomic E-state index is 0.0572. The van der Waals surface area contributed by atoms with Gasteiger partial charge in [-0.05, 0) is 35.1 Å². The molecule has 0 fully saturated rings. The Morgan fingerprint density at radius 1 is 1.15 bits per heavy atom. The van der Waals surface area contributed by atoms with E-state index in [0.29, 0.717) is 20.6 Å². The Balaban J connectivity index is 1.86. The van der Waals surface area contributed by atoms with Crippen LogP contribution in [0.4, 0.5) is 0 Å². The van der Waals surface area contributed by atoms with E-state index in [4.69, 9.17) is 4.74 Å². The Kier molecular flexibility index (Phi) is 6.53. The van der Waals surface area contributed by atoms with Crippen molar-refractivity contribution in [2.45, 2.75) is 39.2 Å². The Morgan fingerprint density at radius 2 is 1.82 bits per heavy atom. The highest BCUT2D eigenvalue weighted by Gasteiger charge is 2.33. The van der Waals surface area contributed by atoms with Gasteiger partial charge in [0.25, 0.3) is 5.56 Å². The van der Waals surface area contributed by atoms with Gasteiger partial charge >= 0.3 is 5.97 Å². The first-order valence-corrected chi connectivity index (χ1v) is 12.0. The first kappa shape index (κ1) is 23.6. The van der Waals surface area contributed by atoms with Crippen molar-refractivity contribution >= 4 is 23.4 Å². The number of fused-ring (bicyclic) bond motifs is 1. The minimum atomic E-state index is -0.611. The molecule has 1 atom stereocenters. The number of rotatable bonds is 5. The lowest BCUT2D eigenvalue weighted by molar-refractivity contribution is -0.138. The molecule has 2 aromatic carbocycles. The predicted octanol–water partition coefficient (Wildman–Crippen LogP) is 4.26. The number of allylic oxidation sites excluding steroid dienone is 1. The van der Waals surface area contributed by atoms with Crippen molar-refractivity contribution in [1.29, 1.82) is 0 Å². The summed E-state index contributed by atoms with van der Waals surface area (Å²) in [7, 11) is 0. The minimum Gasteiger partial charge on any atom is -0.458 e. The zero-order valence-corrected chi connectivity index (χ0v) is 20.7. The van der Waals surface area contributed by atoms with Crippen LogP contribution in [0.3, 0.4) is 0 Å². The van der Waals surface area contributed by atoms with Gasteiger partial charge in [0.1, 0.15) is 6.61 Å². The van der Waals surface area contributed by atoms with Gasteiger partial charge in [-0.1, -0.05) is 99.4 Å². The maximum absolute atomic E-state index is 13.6. The molecule has 0 spiro atoms. The van der Waals surface area contributed by atoms with Gasteiger partial charge in [-0.2, -0.15) is 0 Å². The van der Waals surface area contributed by atoms with Gasteiger partial charge in [0.2, 0.25) is 0 Å². The summed E-state index contributed by atoms with van der Waals surface area (Å²) in [4.78, 5) is 31.8. The molecule has 0 amide bonds. The summed E-state index contributed by atoms with van der Waals surface area (Å²) < 4.78 is 7.52. The predicted molar refractivity (Wildman–Crippen MR) is 137 cm³/mol. The van der Waals surface area contributed by atoms with Crippen LogP contribution in [0.1, 0.15) is 50.4 Å². The lowest BCUT2D eigenvalue weighted by Gasteiger charge is -2.24. The van der Waals surface area contributed by atoms with E-state index in [1.807, 2.05) is 48.5 Å². The van der Waals surface area contributed by atoms with Gasteiger partial charge in [-0.25, -0.2) is 9.79 Å². The van der Waals surface area contributed by atoms with E-state index in [1.165, 1.54) is 23.0 Å². The van der Waals surface area contributed by atoms with Crippen LogP contribution in [0.5, 0.6) is 0 Å². The third-order valence-electron chi connectivity index (χ3n) is 5.76. The first-order valence-electron chi connectivity index (χ1n) is 11.2. The molecular weight excluding hydrogens is 444 g/mol. The van der Waals surface area contributed by atoms with Crippen molar-refractivity contribution in [2.24, 2.45) is 4.99 Å². The highest BCUT2D eigenvalue weighted by Crippen LogP contribution is 2.30. The van der Waals surface area contributed by atoms with Gasteiger partial charge in [-0.15, -0.1) is 0 Å². The number of benzene rings is 2. The molecule has 1 aliphatic heterocycles. The van der Waals surface area contributed by atoms with E-state index >= 15 is 0 Å². The lowest BCUT2D eigenvalue weighted by atomic mass is 9.87. The normalized spacial score (nSPS) is 16.1. The molecule has 0 unspecified atom stereocenters. The molecule has 2 heterocycles. The molecule has 1 aliphatic rings. The summed E-state index contributed by atoms with van der Waals surface area (Å²) in [6.45, 7) is 12.0. The Labute approximate surface area is 203 Å². The fourth-order valence-electron chi connectivity index (χ4n) is 3.98. The molecule has 3 aromatic rings. The van der Waals surface area contributed by atoms with Gasteiger partial charge in [0.05, 0.1) is 21.8 Å². The quantitative estimate of drug-likeness (QED) is 0.412. The van der Waals surface area contributed by atoms with E-state index in [9.17, 15) is 9.59 Å². The number of esters is 1. The van der Waals surface area contributed by atoms with Gasteiger partial charge in [0.15, 0.2) is 4.80 Å². The van der Waals surface area contributed by atoms with Gasteiger partial charge in [0, 0.05) is 0 Å². The first-order chi connectivity index (χ1) is 16.2. The van der Waals surface area contributed by atoms with E-state index in [2.05, 4.69) is 44.5 Å². The van der Waals surface area contributed by atoms with Crippen LogP contribution < -0.4 is 14.9 Å². The molecule has 1 aromatic heterocycles. The van der Waals surface area contributed by atoms with Crippen molar-refractivity contribution in [2.75, 3.05) is 6.61 Å². The molecule has 34 heavy (non-hydrogen) atoms. The highest BCUT2D eigenvalue weighted by molar-refractivity contribution is 7.07. The Morgan fingerprint density at radius 3 is 2.44 bits per heavy atom. The summed E-state index contributed by atoms with van der Waals surface area (Å²) in [5, 5.41) is 0. The SMILES string of the molecule is C=CCOC(=O)C1=C(C)N=c2s/c(=C\c3ccc(C(C)(C)C)cc3)c(=O)n2[C@@H]1c1ccccc1. The zero-order chi connectivity index (χ0) is 24.5. The molecule has 0 saturated heterocycles. The summed E-state index contributed by atoms with van der Waals surface area (Å²) in [6, 6.07) is 17.1. The third-order valence-corrected chi connectivity index (χ3v) is 6.75. The summed E-state index contributed by atoms with van der Waals surface area (Å²) >= 11 is 1.33. The fraction of sp³-hybridized carbons (Fsp3) is 0.250. The highest BCUT2D eigenvalue weighted by atomic mass is 32.1. The van der Waals surface area contributed by atoms with Crippen molar-refractivity contribution in [3.05, 3.63) is 115 Å². The Hall–Kier alpha value is -3.51. The van der Waals surface area contributed by atoms with Crippen LogP contribution in [-0.4, -0.2) is 17.1 Å². The molecule has 6 heteroatoms. The number of thiazole rings is 1. The third kappa shape index (κ3) is 4.59. The molecular formula is C28H28N2O3S. The van der Waals surface area contributed by atoms with Crippen LogP contribution in [0.15, 0.2) is 88.3 Å². The average Bonchev–Trinajstić information content (AvgIpc) is 3.11. The molecule has 174 valence electrons. The molecule has 0 bridgehead atoms. The molecule has 0 saturated carbocycles. The van der Waals surface area contributed by atoms with Crippen molar-refractivity contribution in [3.63, 3.8) is 0 Å². The van der Waals surface area contributed by atoms with Crippen LogP contribution in [-0.2, 0) is 14.9 Å². The summed E-state index contributed by atoms with van der Waals surface area (Å²) in [5.74, 6) is -0.498. The number of hydrogen-bond donors (Lipinski definition) is 0. The second kappa shape index (κ2) is 9.39. The van der Waals surface area contributed by atoms with Crippen LogP contribution in [0.2, 0.25) is 0 Å². The van der Waals surface area contributed by atoms with Crippen LogP contribution in [0.25, 0.3) is 6.08 Å². The number of carbonyl (C=O) groups is 1. The maximum Gasteiger partial charge on any atom is 0.338 e. The zero-order valence-electron chi connectivity index (χ0n) is 19.9. The topological polar surface area (TPSA) is 60.7 Å². The van der Waals surface area contributed by atoms with Gasteiger partial charge in [-0.3, -0.25) is 9.36 Å². The maximum atomic E-state index is 13.6. The molecule has 5 nitrogen and oxygen atoms in total. The number of carbonyl (C=O) groups excluding carboxylic acids is 1. The van der Waals surface area contributed by atoms with E-state index < -0.39 is 12.0 Å². The standard InChI is InChI=1S/C28H28N2O3S/c1-6-16-33-26(32)23-18(2)29-27-30(24(23)20-10-8-7-9-11-20)25(31)22(34-27)17-19-12-14-21(15-13-19)28(3,4)5/h6-15,17,24H,1,16H2,2-5H3/b22-17-/t24-/m1/s1. The fourth-order valence-corrected chi connectivity index (χ4v) is 5.02. The Bertz CT molecular complexity index is 1440. The molecule has 0 radical (unpaired) electrons. The summed E-state index contributed by atoms with van der Waals surface area (Å²) in [6.07, 6.45) is 3.40. The monoisotopic (exact) mass is 472 g/mol. The second-order valence-corrected chi connectivity index (χ2v) is 10.3. The van der Waals surface area contributed by atoms with Crippen molar-refractivity contribution < 1.29 is 9.53 Å². The number of nitrogens with zero attached hydrogens (tertiary/aromatic N) is 2. The van der Waals surface area contributed by atoms with E-state index in [1.54, 1.807) is 11.5 Å². The number of hydrogen-bond acceptors (Lipinski definition) is 5. The van der Waals surface area contributed by atoms with Crippen LogP contribution in [0, 0.1) is 0 Å². The van der Waals surface area contributed by atoms with Crippen molar-refractivity contribution in [1.82, 2.24) is 4.57 Å². The molecule has 4 rings (SSSR count). The smallest absolute Gasteiger partial charge is 0.338 e. The molecule has 0 aliphatic carbocycles. The van der Waals surface area contributed by atoms with Crippen LogP contribution >= 0.6 is 11.3 Å². The second-order valence-electron chi connectivity index (χ2n) is 9.25. The van der Waals surface area contributed by atoms with Crippen molar-refractivity contribution in [3.8, 4) is 0 Å². The van der Waals surface area contributed by atoms with E-state index in [-0.39, 0.29) is 17.6 Å². The van der Waals surface area contributed by atoms with Gasteiger partial charge < -0.3 is 4.74 Å². The largest absolute Gasteiger partial charge is 0.458 e.